The first kappa shape index (κ1) is 13.5. The summed E-state index contributed by atoms with van der Waals surface area (Å²) in [6, 6.07) is 12.1. The van der Waals surface area contributed by atoms with Crippen LogP contribution >= 0.6 is 0 Å². The van der Waals surface area contributed by atoms with Crippen LogP contribution in [0.4, 0.5) is 5.95 Å². The summed E-state index contributed by atoms with van der Waals surface area (Å²) >= 11 is 0. The number of anilines is 1. The van der Waals surface area contributed by atoms with Crippen LogP contribution in [0.5, 0.6) is 0 Å². The molecule has 0 atom stereocenters. The third-order valence-electron chi connectivity index (χ3n) is 3.65. The number of para-hydroxylation sites is 1. The Kier molecular flexibility index (Phi) is 4.07. The van der Waals surface area contributed by atoms with E-state index in [-0.39, 0.29) is 0 Å². The molecule has 7 nitrogen and oxygen atoms in total. The average Bonchev–Trinajstić information content (AvgIpc) is 3.04. The Hall–Kier alpha value is -2.46. The molecule has 108 valence electrons. The molecule has 2 aromatic rings. The van der Waals surface area contributed by atoms with Crippen molar-refractivity contribution in [2.45, 2.75) is 6.42 Å². The number of tetrazole rings is 1. The van der Waals surface area contributed by atoms with Crippen LogP contribution in [0.1, 0.15) is 6.42 Å². The van der Waals surface area contributed by atoms with Crippen molar-refractivity contribution in [3.05, 3.63) is 30.3 Å². The van der Waals surface area contributed by atoms with Crippen LogP contribution < -0.4 is 4.90 Å². The van der Waals surface area contributed by atoms with E-state index in [9.17, 15) is 0 Å². The third kappa shape index (κ3) is 3.01. The summed E-state index contributed by atoms with van der Waals surface area (Å²) in [6.07, 6.45) is 0.585. The Morgan fingerprint density at radius 2 is 1.86 bits per heavy atom. The van der Waals surface area contributed by atoms with Crippen LogP contribution in [0.15, 0.2) is 30.3 Å². The van der Waals surface area contributed by atoms with Crippen molar-refractivity contribution >= 4 is 5.95 Å². The van der Waals surface area contributed by atoms with Crippen molar-refractivity contribution in [3.8, 4) is 11.8 Å². The lowest BCUT2D eigenvalue weighted by atomic mass is 10.3. The molecule has 0 N–H and O–H groups in total. The molecule has 1 fully saturated rings. The van der Waals surface area contributed by atoms with Gasteiger partial charge in [0.2, 0.25) is 5.95 Å². The number of piperazine rings is 1. The topological polar surface area (TPSA) is 73.9 Å². The third-order valence-corrected chi connectivity index (χ3v) is 3.65. The average molecular weight is 283 g/mol. The van der Waals surface area contributed by atoms with Crippen LogP contribution in [-0.4, -0.2) is 57.8 Å². The van der Waals surface area contributed by atoms with Crippen molar-refractivity contribution in [2.75, 3.05) is 37.6 Å². The summed E-state index contributed by atoms with van der Waals surface area (Å²) in [5, 5.41) is 20.7. The highest BCUT2D eigenvalue weighted by Gasteiger charge is 2.21. The van der Waals surface area contributed by atoms with Gasteiger partial charge in [0, 0.05) is 39.1 Å². The standard InChI is InChI=1S/C14H17N7/c15-7-4-8-19-9-11-20(12-10-19)14-16-17-18-21(14)13-5-2-1-3-6-13/h1-3,5-6H,4,8-12H2. The Balaban J connectivity index is 1.70. The molecule has 1 aliphatic heterocycles. The van der Waals surface area contributed by atoms with E-state index in [1.807, 2.05) is 30.3 Å². The summed E-state index contributed by atoms with van der Waals surface area (Å²) in [5.41, 5.74) is 0.962. The van der Waals surface area contributed by atoms with Crippen LogP contribution in [0.3, 0.4) is 0 Å². The molecule has 0 amide bonds. The zero-order valence-electron chi connectivity index (χ0n) is 11.8. The second-order valence-electron chi connectivity index (χ2n) is 4.96. The van der Waals surface area contributed by atoms with Crippen LogP contribution in [0, 0.1) is 11.3 Å². The Labute approximate surface area is 123 Å². The van der Waals surface area contributed by atoms with Crippen molar-refractivity contribution in [2.24, 2.45) is 0 Å². The Morgan fingerprint density at radius 1 is 1.10 bits per heavy atom. The molecule has 0 saturated carbocycles. The van der Waals surface area contributed by atoms with Gasteiger partial charge < -0.3 is 4.90 Å². The van der Waals surface area contributed by atoms with Gasteiger partial charge in [-0.2, -0.15) is 9.94 Å². The Bertz CT molecular complexity index is 608. The van der Waals surface area contributed by atoms with E-state index < -0.39 is 0 Å². The summed E-state index contributed by atoms with van der Waals surface area (Å²) in [6.45, 7) is 4.46. The van der Waals surface area contributed by atoms with Crippen molar-refractivity contribution in [3.63, 3.8) is 0 Å². The molecule has 3 rings (SSSR count). The molecule has 0 bridgehead atoms. The summed E-state index contributed by atoms with van der Waals surface area (Å²) in [7, 11) is 0. The number of nitrogens with zero attached hydrogens (tertiary/aromatic N) is 7. The van der Waals surface area contributed by atoms with Gasteiger partial charge in [0.05, 0.1) is 11.8 Å². The lowest BCUT2D eigenvalue weighted by molar-refractivity contribution is 0.262. The number of nitriles is 1. The molecule has 21 heavy (non-hydrogen) atoms. The number of aromatic nitrogens is 4. The van der Waals surface area contributed by atoms with E-state index in [2.05, 4.69) is 31.4 Å². The van der Waals surface area contributed by atoms with Crippen molar-refractivity contribution < 1.29 is 0 Å². The second kappa shape index (κ2) is 6.33. The molecule has 0 aliphatic carbocycles. The SMILES string of the molecule is N#CCCN1CCN(c2nnnn2-c2ccccc2)CC1. The summed E-state index contributed by atoms with van der Waals surface area (Å²) < 4.78 is 1.77. The number of rotatable bonds is 4. The van der Waals surface area contributed by atoms with Gasteiger partial charge in [-0.25, -0.2) is 0 Å². The lowest BCUT2D eigenvalue weighted by Crippen LogP contribution is -2.47. The highest BCUT2D eigenvalue weighted by molar-refractivity contribution is 5.40. The van der Waals surface area contributed by atoms with Gasteiger partial charge in [-0.3, -0.25) is 4.90 Å². The van der Waals surface area contributed by atoms with Crippen molar-refractivity contribution in [1.29, 1.82) is 5.26 Å². The fourth-order valence-electron chi connectivity index (χ4n) is 2.50. The predicted octanol–water partition coefficient (Wildman–Crippen LogP) is 0.698. The van der Waals surface area contributed by atoms with Crippen LogP contribution in [0.2, 0.25) is 0 Å². The van der Waals surface area contributed by atoms with Crippen LogP contribution in [-0.2, 0) is 0 Å². The van der Waals surface area contributed by atoms with E-state index in [1.165, 1.54) is 0 Å². The first-order valence-corrected chi connectivity index (χ1v) is 7.06. The minimum atomic E-state index is 0.585. The Morgan fingerprint density at radius 3 is 2.57 bits per heavy atom. The van der Waals surface area contributed by atoms with Gasteiger partial charge >= 0.3 is 0 Å². The van der Waals surface area contributed by atoms with Gasteiger partial charge in [0.1, 0.15) is 0 Å². The van der Waals surface area contributed by atoms with Crippen LogP contribution in [0.25, 0.3) is 5.69 Å². The largest absolute Gasteiger partial charge is 0.337 e. The predicted molar refractivity (Wildman–Crippen MR) is 78.0 cm³/mol. The second-order valence-corrected chi connectivity index (χ2v) is 4.96. The van der Waals surface area contributed by atoms with E-state index in [0.29, 0.717) is 6.42 Å². The summed E-state index contributed by atoms with van der Waals surface area (Å²) in [4.78, 5) is 4.49. The van der Waals surface area contributed by atoms with E-state index in [0.717, 1.165) is 44.4 Å². The molecule has 0 radical (unpaired) electrons. The number of hydrogen-bond donors (Lipinski definition) is 0. The van der Waals surface area contributed by atoms with E-state index in [4.69, 9.17) is 5.26 Å². The number of benzene rings is 1. The van der Waals surface area contributed by atoms with Gasteiger partial charge in [-0.05, 0) is 22.6 Å². The summed E-state index contributed by atoms with van der Waals surface area (Å²) in [5.74, 6) is 0.779. The zero-order chi connectivity index (χ0) is 14.5. The lowest BCUT2D eigenvalue weighted by Gasteiger charge is -2.34. The maximum absolute atomic E-state index is 8.64. The molecule has 7 heteroatoms. The molecule has 1 aromatic heterocycles. The molecule has 1 saturated heterocycles. The highest BCUT2D eigenvalue weighted by Crippen LogP contribution is 2.16. The normalized spacial score (nSPS) is 15.9. The minimum absolute atomic E-state index is 0.585. The molecule has 1 aliphatic rings. The molecular formula is C14H17N7. The molecular weight excluding hydrogens is 266 g/mol. The fraction of sp³-hybridized carbons (Fsp3) is 0.429. The monoisotopic (exact) mass is 283 g/mol. The molecule has 0 spiro atoms. The molecule has 2 heterocycles. The van der Waals surface area contributed by atoms with E-state index >= 15 is 0 Å². The maximum Gasteiger partial charge on any atom is 0.250 e. The van der Waals surface area contributed by atoms with Gasteiger partial charge in [0.15, 0.2) is 0 Å². The van der Waals surface area contributed by atoms with E-state index in [1.54, 1.807) is 4.68 Å². The molecule has 0 unspecified atom stereocenters. The molecule has 1 aromatic carbocycles. The highest BCUT2D eigenvalue weighted by atomic mass is 15.6. The first-order chi connectivity index (χ1) is 10.4. The maximum atomic E-state index is 8.64. The smallest absolute Gasteiger partial charge is 0.250 e. The number of hydrogen-bond acceptors (Lipinski definition) is 6. The van der Waals surface area contributed by atoms with Gasteiger partial charge in [-0.1, -0.05) is 23.3 Å². The zero-order valence-corrected chi connectivity index (χ0v) is 11.8. The first-order valence-electron chi connectivity index (χ1n) is 7.06. The minimum Gasteiger partial charge on any atom is -0.337 e. The van der Waals surface area contributed by atoms with Gasteiger partial charge in [-0.15, -0.1) is 0 Å². The fourth-order valence-corrected chi connectivity index (χ4v) is 2.50. The quantitative estimate of drug-likeness (QED) is 0.822. The van der Waals surface area contributed by atoms with Crippen molar-refractivity contribution in [1.82, 2.24) is 25.1 Å². The van der Waals surface area contributed by atoms with Gasteiger partial charge in [0.25, 0.3) is 0 Å².